The molecule has 2 aromatic rings. The van der Waals surface area contributed by atoms with Gasteiger partial charge in [0.1, 0.15) is 6.29 Å². The van der Waals surface area contributed by atoms with E-state index in [2.05, 4.69) is 17.1 Å². The van der Waals surface area contributed by atoms with Crippen LogP contribution in [0.2, 0.25) is 0 Å². The Bertz CT molecular complexity index is 442. The Morgan fingerprint density at radius 1 is 1.46 bits per heavy atom. The van der Waals surface area contributed by atoms with Gasteiger partial charge in [-0.2, -0.15) is 0 Å². The largest absolute Gasteiger partial charge is 0.361 e. The maximum Gasteiger partial charge on any atom is 0.124 e. The zero-order valence-electron chi connectivity index (χ0n) is 7.50. The molecule has 0 aliphatic heterocycles. The van der Waals surface area contributed by atoms with E-state index in [1.165, 1.54) is 5.56 Å². The van der Waals surface area contributed by atoms with Crippen LogP contribution in [0.15, 0.2) is 24.4 Å². The second-order valence-corrected chi connectivity index (χ2v) is 3.23. The van der Waals surface area contributed by atoms with Crippen molar-refractivity contribution in [2.24, 2.45) is 0 Å². The van der Waals surface area contributed by atoms with Gasteiger partial charge in [-0.3, -0.25) is 0 Å². The first-order valence-electron chi connectivity index (χ1n) is 4.31. The van der Waals surface area contributed by atoms with Gasteiger partial charge in [0.25, 0.3) is 0 Å². The van der Waals surface area contributed by atoms with Crippen LogP contribution in [0.5, 0.6) is 0 Å². The van der Waals surface area contributed by atoms with Crippen LogP contribution in [0.3, 0.4) is 0 Å². The number of aldehydes is 1. The minimum absolute atomic E-state index is 0.496. The van der Waals surface area contributed by atoms with Crippen molar-refractivity contribution >= 4 is 17.2 Å². The lowest BCUT2D eigenvalue weighted by atomic mass is 10.0. The average Bonchev–Trinajstić information content (AvgIpc) is 2.52. The summed E-state index contributed by atoms with van der Waals surface area (Å²) in [5, 5.41) is 1.15. The Morgan fingerprint density at radius 2 is 2.31 bits per heavy atom. The van der Waals surface area contributed by atoms with Crippen molar-refractivity contribution < 1.29 is 4.79 Å². The second-order valence-electron chi connectivity index (χ2n) is 3.23. The quantitative estimate of drug-likeness (QED) is 0.694. The number of aromatic amines is 1. The van der Waals surface area contributed by atoms with Crippen molar-refractivity contribution in [3.05, 3.63) is 35.5 Å². The van der Waals surface area contributed by atoms with Crippen LogP contribution in [-0.2, 0) is 11.2 Å². The van der Waals surface area contributed by atoms with Crippen molar-refractivity contribution in [3.63, 3.8) is 0 Å². The summed E-state index contributed by atoms with van der Waals surface area (Å²) >= 11 is 0. The highest BCUT2D eigenvalue weighted by atomic mass is 16.1. The van der Waals surface area contributed by atoms with E-state index in [1.807, 2.05) is 19.2 Å². The molecule has 1 aromatic carbocycles. The van der Waals surface area contributed by atoms with Crippen LogP contribution in [0.1, 0.15) is 11.1 Å². The third kappa shape index (κ3) is 1.35. The Balaban J connectivity index is 2.69. The third-order valence-corrected chi connectivity index (χ3v) is 2.20. The molecule has 2 rings (SSSR count). The first kappa shape index (κ1) is 8.05. The molecule has 0 unspecified atom stereocenters. The molecule has 0 spiro atoms. The first-order chi connectivity index (χ1) is 6.31. The first-order valence-corrected chi connectivity index (χ1v) is 4.31. The molecular weight excluding hydrogens is 162 g/mol. The maximum absolute atomic E-state index is 10.4. The molecule has 0 saturated carbocycles. The zero-order chi connectivity index (χ0) is 9.26. The molecule has 0 radical (unpaired) electrons. The summed E-state index contributed by atoms with van der Waals surface area (Å²) in [6, 6.07) is 6.15. The van der Waals surface area contributed by atoms with Gasteiger partial charge in [-0.15, -0.1) is 0 Å². The molecule has 0 aliphatic rings. The minimum Gasteiger partial charge on any atom is -0.361 e. The number of benzene rings is 1. The van der Waals surface area contributed by atoms with Crippen LogP contribution in [-0.4, -0.2) is 11.3 Å². The van der Waals surface area contributed by atoms with Crippen molar-refractivity contribution in [1.82, 2.24) is 4.98 Å². The van der Waals surface area contributed by atoms with E-state index >= 15 is 0 Å². The minimum atomic E-state index is 0.496. The molecule has 13 heavy (non-hydrogen) atoms. The Labute approximate surface area is 76.6 Å². The monoisotopic (exact) mass is 173 g/mol. The number of carbonyl (C=O) groups is 1. The summed E-state index contributed by atoms with van der Waals surface area (Å²) in [6.45, 7) is 2.04. The number of aryl methyl sites for hydroxylation is 1. The Kier molecular flexibility index (Phi) is 1.89. The molecule has 0 atom stereocenters. The van der Waals surface area contributed by atoms with Gasteiger partial charge in [0.15, 0.2) is 0 Å². The second kappa shape index (κ2) is 3.05. The number of H-pyrrole nitrogens is 1. The van der Waals surface area contributed by atoms with Crippen molar-refractivity contribution in [2.75, 3.05) is 0 Å². The number of fused-ring (bicyclic) bond motifs is 1. The maximum atomic E-state index is 10.4. The summed E-state index contributed by atoms with van der Waals surface area (Å²) in [5.74, 6) is 0. The van der Waals surface area contributed by atoms with E-state index in [0.29, 0.717) is 6.42 Å². The summed E-state index contributed by atoms with van der Waals surface area (Å²) in [4.78, 5) is 13.6. The number of rotatable bonds is 2. The highest BCUT2D eigenvalue weighted by molar-refractivity contribution is 5.85. The summed E-state index contributed by atoms with van der Waals surface area (Å²) in [6.07, 6.45) is 3.34. The number of nitrogens with one attached hydrogen (secondary N) is 1. The van der Waals surface area contributed by atoms with E-state index in [9.17, 15) is 4.79 Å². The zero-order valence-corrected chi connectivity index (χ0v) is 7.50. The molecule has 1 N–H and O–H groups in total. The van der Waals surface area contributed by atoms with Gasteiger partial charge in [0.05, 0.1) is 0 Å². The summed E-state index contributed by atoms with van der Waals surface area (Å²) in [5.41, 5.74) is 3.40. The van der Waals surface area contributed by atoms with Crippen molar-refractivity contribution in [1.29, 1.82) is 0 Å². The predicted octanol–water partition coefficient (Wildman–Crippen LogP) is 2.22. The molecule has 2 heteroatoms. The molecular formula is C11H11NO. The lowest BCUT2D eigenvalue weighted by Crippen LogP contribution is -1.88. The van der Waals surface area contributed by atoms with E-state index in [1.54, 1.807) is 0 Å². The average molecular weight is 173 g/mol. The highest BCUT2D eigenvalue weighted by Gasteiger charge is 2.01. The van der Waals surface area contributed by atoms with Crippen molar-refractivity contribution in [3.8, 4) is 0 Å². The number of hydrogen-bond acceptors (Lipinski definition) is 1. The smallest absolute Gasteiger partial charge is 0.124 e. The van der Waals surface area contributed by atoms with Crippen LogP contribution < -0.4 is 0 Å². The Hall–Kier alpha value is -1.57. The summed E-state index contributed by atoms with van der Waals surface area (Å²) in [7, 11) is 0. The molecule has 0 fully saturated rings. The van der Waals surface area contributed by atoms with Gasteiger partial charge >= 0.3 is 0 Å². The normalized spacial score (nSPS) is 10.5. The SMILES string of the molecule is Cc1cc(CC=O)c2cc[nH]c2c1. The van der Waals surface area contributed by atoms with Gasteiger partial charge in [0.2, 0.25) is 0 Å². The van der Waals surface area contributed by atoms with Gasteiger partial charge in [-0.25, -0.2) is 0 Å². The molecule has 0 aliphatic carbocycles. The van der Waals surface area contributed by atoms with E-state index in [-0.39, 0.29) is 0 Å². The molecule has 1 heterocycles. The van der Waals surface area contributed by atoms with Crippen LogP contribution in [0.4, 0.5) is 0 Å². The third-order valence-electron chi connectivity index (χ3n) is 2.20. The van der Waals surface area contributed by atoms with E-state index < -0.39 is 0 Å². The van der Waals surface area contributed by atoms with Crippen molar-refractivity contribution in [2.45, 2.75) is 13.3 Å². The predicted molar refractivity (Wildman–Crippen MR) is 52.8 cm³/mol. The van der Waals surface area contributed by atoms with Gasteiger partial charge in [-0.05, 0) is 30.2 Å². The number of aromatic nitrogens is 1. The van der Waals surface area contributed by atoms with Gasteiger partial charge < -0.3 is 9.78 Å². The van der Waals surface area contributed by atoms with Crippen LogP contribution in [0.25, 0.3) is 10.9 Å². The highest BCUT2D eigenvalue weighted by Crippen LogP contribution is 2.19. The number of hydrogen-bond donors (Lipinski definition) is 1. The molecule has 2 nitrogen and oxygen atoms in total. The van der Waals surface area contributed by atoms with E-state index in [0.717, 1.165) is 22.8 Å². The lowest BCUT2D eigenvalue weighted by Gasteiger charge is -2.00. The van der Waals surface area contributed by atoms with Crippen LogP contribution in [0, 0.1) is 6.92 Å². The fourth-order valence-corrected chi connectivity index (χ4v) is 1.66. The van der Waals surface area contributed by atoms with Gasteiger partial charge in [-0.1, -0.05) is 6.07 Å². The fraction of sp³-hybridized carbons (Fsp3) is 0.182. The number of carbonyl (C=O) groups excluding carboxylic acids is 1. The molecule has 0 bridgehead atoms. The van der Waals surface area contributed by atoms with Crippen LogP contribution >= 0.6 is 0 Å². The molecule has 0 saturated heterocycles. The Morgan fingerprint density at radius 3 is 3.08 bits per heavy atom. The molecule has 66 valence electrons. The fourth-order valence-electron chi connectivity index (χ4n) is 1.66. The van der Waals surface area contributed by atoms with E-state index in [4.69, 9.17) is 0 Å². The molecule has 0 amide bonds. The molecule has 1 aromatic heterocycles. The lowest BCUT2D eigenvalue weighted by molar-refractivity contribution is -0.107. The summed E-state index contributed by atoms with van der Waals surface area (Å²) < 4.78 is 0. The standard InChI is InChI=1S/C11H11NO/c1-8-6-9(3-5-13)10-2-4-12-11(10)7-8/h2,4-7,12H,3H2,1H3. The van der Waals surface area contributed by atoms with Gasteiger partial charge in [0, 0.05) is 23.5 Å². The topological polar surface area (TPSA) is 32.9 Å².